The zero-order valence-electron chi connectivity index (χ0n) is 8.76. The molecule has 0 atom stereocenters. The smallest absolute Gasteiger partial charge is 0.107 e. The highest BCUT2D eigenvalue weighted by molar-refractivity contribution is 7.80. The van der Waals surface area contributed by atoms with Gasteiger partial charge in [0.15, 0.2) is 0 Å². The number of azide groups is 1. The van der Waals surface area contributed by atoms with Gasteiger partial charge >= 0.3 is 0 Å². The predicted molar refractivity (Wildman–Crippen MR) is 67.1 cm³/mol. The van der Waals surface area contributed by atoms with E-state index in [1.165, 1.54) is 12.8 Å². The van der Waals surface area contributed by atoms with Crippen LogP contribution in [0.3, 0.4) is 0 Å². The van der Waals surface area contributed by atoms with E-state index in [-0.39, 0.29) is 0 Å². The Balaban J connectivity index is 2.16. The first-order valence-corrected chi connectivity index (χ1v) is 5.61. The number of thiocarbonyl (C=S) groups is 1. The van der Waals surface area contributed by atoms with Crippen LogP contribution in [0, 0.1) is 0 Å². The standard InChI is InChI=1S/C11H12N4S/c12-15-13-7-8-3-1-2-4-10(8)11(16)14-9-5-6-9/h1-4,9H,5-7H2,(H,14,16). The average Bonchev–Trinajstić information content (AvgIpc) is 3.10. The first kappa shape index (κ1) is 10.9. The molecule has 0 amide bonds. The van der Waals surface area contributed by atoms with Crippen LogP contribution in [0.15, 0.2) is 29.4 Å². The van der Waals surface area contributed by atoms with Gasteiger partial charge in [0, 0.05) is 16.5 Å². The molecule has 1 saturated carbocycles. The Bertz CT molecular complexity index is 447. The summed E-state index contributed by atoms with van der Waals surface area (Å²) in [6.45, 7) is 0.346. The Morgan fingerprint density at radius 2 is 2.25 bits per heavy atom. The van der Waals surface area contributed by atoms with E-state index in [1.54, 1.807) is 0 Å². The summed E-state index contributed by atoms with van der Waals surface area (Å²) in [5, 5.41) is 6.86. The second-order valence-corrected chi connectivity index (χ2v) is 4.20. The van der Waals surface area contributed by atoms with E-state index in [0.717, 1.165) is 16.1 Å². The molecule has 1 aromatic carbocycles. The van der Waals surface area contributed by atoms with Gasteiger partial charge in [-0.05, 0) is 23.9 Å². The van der Waals surface area contributed by atoms with Gasteiger partial charge in [-0.1, -0.05) is 41.6 Å². The van der Waals surface area contributed by atoms with Crippen molar-refractivity contribution in [1.29, 1.82) is 0 Å². The van der Waals surface area contributed by atoms with Crippen LogP contribution in [-0.2, 0) is 6.54 Å². The zero-order valence-corrected chi connectivity index (χ0v) is 9.57. The van der Waals surface area contributed by atoms with Crippen LogP contribution in [-0.4, -0.2) is 11.0 Å². The fourth-order valence-corrected chi connectivity index (χ4v) is 1.84. The Kier molecular flexibility index (Phi) is 3.39. The van der Waals surface area contributed by atoms with E-state index in [4.69, 9.17) is 17.7 Å². The molecule has 4 nitrogen and oxygen atoms in total. The third kappa shape index (κ3) is 2.72. The monoisotopic (exact) mass is 232 g/mol. The molecule has 2 rings (SSSR count). The molecule has 0 bridgehead atoms. The Morgan fingerprint density at radius 3 is 2.94 bits per heavy atom. The van der Waals surface area contributed by atoms with Crippen LogP contribution in [0.1, 0.15) is 24.0 Å². The molecule has 0 spiro atoms. The Hall–Kier alpha value is -1.58. The maximum atomic E-state index is 8.32. The molecular weight excluding hydrogens is 220 g/mol. The van der Waals surface area contributed by atoms with E-state index in [2.05, 4.69) is 15.3 Å². The first-order valence-electron chi connectivity index (χ1n) is 5.21. The van der Waals surface area contributed by atoms with Gasteiger partial charge in [-0.25, -0.2) is 0 Å². The third-order valence-corrected chi connectivity index (χ3v) is 2.82. The lowest BCUT2D eigenvalue weighted by atomic mass is 10.1. The minimum Gasteiger partial charge on any atom is -0.373 e. The molecule has 0 aromatic heterocycles. The number of hydrogen-bond acceptors (Lipinski definition) is 2. The first-order chi connectivity index (χ1) is 7.81. The molecule has 1 N–H and O–H groups in total. The van der Waals surface area contributed by atoms with Crippen LogP contribution in [0.5, 0.6) is 0 Å². The average molecular weight is 232 g/mol. The van der Waals surface area contributed by atoms with Gasteiger partial charge < -0.3 is 5.32 Å². The molecule has 0 saturated heterocycles. The molecule has 5 heteroatoms. The molecular formula is C11H12N4S. The third-order valence-electron chi connectivity index (χ3n) is 2.48. The number of benzene rings is 1. The molecule has 0 radical (unpaired) electrons. The number of nitrogens with zero attached hydrogens (tertiary/aromatic N) is 3. The summed E-state index contributed by atoms with van der Waals surface area (Å²) in [7, 11) is 0. The lowest BCUT2D eigenvalue weighted by molar-refractivity contribution is 0.918. The summed E-state index contributed by atoms with van der Waals surface area (Å²) in [4.78, 5) is 3.52. The summed E-state index contributed by atoms with van der Waals surface area (Å²) in [6.07, 6.45) is 2.39. The molecule has 0 aliphatic heterocycles. The Labute approximate surface area is 99.3 Å². The highest BCUT2D eigenvalue weighted by Crippen LogP contribution is 2.20. The van der Waals surface area contributed by atoms with E-state index >= 15 is 0 Å². The van der Waals surface area contributed by atoms with Crippen molar-refractivity contribution in [2.24, 2.45) is 5.11 Å². The van der Waals surface area contributed by atoms with Crippen molar-refractivity contribution in [3.8, 4) is 0 Å². The van der Waals surface area contributed by atoms with Crippen molar-refractivity contribution in [2.45, 2.75) is 25.4 Å². The summed E-state index contributed by atoms with van der Waals surface area (Å²) in [6, 6.07) is 8.30. The Morgan fingerprint density at radius 1 is 1.50 bits per heavy atom. The number of hydrogen-bond donors (Lipinski definition) is 1. The van der Waals surface area contributed by atoms with Crippen LogP contribution in [0.2, 0.25) is 0 Å². The van der Waals surface area contributed by atoms with E-state index in [1.807, 2.05) is 24.3 Å². The lowest BCUT2D eigenvalue weighted by Gasteiger charge is -2.10. The minimum atomic E-state index is 0.346. The van der Waals surface area contributed by atoms with Crippen molar-refractivity contribution in [2.75, 3.05) is 0 Å². The summed E-state index contributed by atoms with van der Waals surface area (Å²) >= 11 is 5.33. The second-order valence-electron chi connectivity index (χ2n) is 3.79. The van der Waals surface area contributed by atoms with Crippen LogP contribution >= 0.6 is 12.2 Å². The van der Waals surface area contributed by atoms with Gasteiger partial charge in [0.1, 0.15) is 4.99 Å². The summed E-state index contributed by atoms with van der Waals surface area (Å²) in [5.41, 5.74) is 10.3. The fourth-order valence-electron chi connectivity index (χ4n) is 1.48. The van der Waals surface area contributed by atoms with E-state index < -0.39 is 0 Å². The molecule has 16 heavy (non-hydrogen) atoms. The van der Waals surface area contributed by atoms with Gasteiger partial charge in [-0.3, -0.25) is 0 Å². The number of nitrogens with one attached hydrogen (secondary N) is 1. The SMILES string of the molecule is [N-]=[N+]=NCc1ccccc1C(=S)NC1CC1. The van der Waals surface area contributed by atoms with E-state index in [9.17, 15) is 0 Å². The normalized spacial score (nSPS) is 14.0. The quantitative estimate of drug-likeness (QED) is 0.375. The highest BCUT2D eigenvalue weighted by Gasteiger charge is 2.22. The largest absolute Gasteiger partial charge is 0.373 e. The molecule has 1 aliphatic rings. The van der Waals surface area contributed by atoms with Gasteiger partial charge in [0.2, 0.25) is 0 Å². The van der Waals surface area contributed by atoms with Crippen molar-refractivity contribution in [3.05, 3.63) is 45.8 Å². The van der Waals surface area contributed by atoms with Crippen LogP contribution in [0.4, 0.5) is 0 Å². The van der Waals surface area contributed by atoms with Gasteiger partial charge in [-0.2, -0.15) is 0 Å². The number of rotatable bonds is 4. The summed E-state index contributed by atoms with van der Waals surface area (Å²) < 4.78 is 0. The van der Waals surface area contributed by atoms with Crippen molar-refractivity contribution in [1.82, 2.24) is 5.32 Å². The molecule has 0 unspecified atom stereocenters. The van der Waals surface area contributed by atoms with Crippen molar-refractivity contribution >= 4 is 17.2 Å². The molecule has 0 heterocycles. The highest BCUT2D eigenvalue weighted by atomic mass is 32.1. The second kappa shape index (κ2) is 4.96. The maximum absolute atomic E-state index is 8.32. The van der Waals surface area contributed by atoms with Gasteiger partial charge in [0.05, 0.1) is 6.54 Å². The van der Waals surface area contributed by atoms with Crippen LogP contribution in [0.25, 0.3) is 10.4 Å². The minimum absolute atomic E-state index is 0.346. The molecule has 1 aliphatic carbocycles. The fraction of sp³-hybridized carbons (Fsp3) is 0.364. The van der Waals surface area contributed by atoms with Gasteiger partial charge in [0.25, 0.3) is 0 Å². The molecule has 1 fully saturated rings. The molecule has 82 valence electrons. The van der Waals surface area contributed by atoms with E-state index in [0.29, 0.717) is 12.6 Å². The maximum Gasteiger partial charge on any atom is 0.107 e. The van der Waals surface area contributed by atoms with Crippen molar-refractivity contribution < 1.29 is 0 Å². The molecule has 1 aromatic rings. The summed E-state index contributed by atoms with van der Waals surface area (Å²) in [5.74, 6) is 0. The van der Waals surface area contributed by atoms with Crippen LogP contribution < -0.4 is 5.32 Å². The lowest BCUT2D eigenvalue weighted by Crippen LogP contribution is -2.25. The van der Waals surface area contributed by atoms with Crippen molar-refractivity contribution in [3.63, 3.8) is 0 Å². The zero-order chi connectivity index (χ0) is 11.4. The topological polar surface area (TPSA) is 60.8 Å². The van der Waals surface area contributed by atoms with Gasteiger partial charge in [-0.15, -0.1) is 0 Å². The predicted octanol–water partition coefficient (Wildman–Crippen LogP) is 2.92.